The minimum absolute atomic E-state index is 0.304. The molecule has 3 aliphatic rings. The highest BCUT2D eigenvalue weighted by Gasteiger charge is 2.54. The molecule has 3 fully saturated rings. The second-order valence-corrected chi connectivity index (χ2v) is 6.46. The van der Waals surface area contributed by atoms with Crippen LogP contribution < -0.4 is 5.73 Å². The summed E-state index contributed by atoms with van der Waals surface area (Å²) < 4.78 is 5.52. The van der Waals surface area contributed by atoms with Gasteiger partial charge in [0, 0.05) is 5.92 Å². The summed E-state index contributed by atoms with van der Waals surface area (Å²) in [5, 5.41) is 4.18. The Bertz CT molecular complexity index is 438. The van der Waals surface area contributed by atoms with Crippen LogP contribution in [-0.4, -0.2) is 10.1 Å². The van der Waals surface area contributed by atoms with Crippen LogP contribution >= 0.6 is 0 Å². The highest BCUT2D eigenvalue weighted by atomic mass is 16.5. The van der Waals surface area contributed by atoms with Crippen LogP contribution in [0.4, 0.5) is 0 Å². The largest absolute Gasteiger partial charge is 0.339 e. The Morgan fingerprint density at radius 2 is 1.72 bits per heavy atom. The fourth-order valence-corrected chi connectivity index (χ4v) is 4.16. The molecular weight excluding hydrogens is 226 g/mol. The van der Waals surface area contributed by atoms with E-state index < -0.39 is 0 Å². The van der Waals surface area contributed by atoms with Gasteiger partial charge in [-0.2, -0.15) is 4.98 Å². The molecule has 4 rings (SSSR count). The lowest BCUT2D eigenvalue weighted by molar-refractivity contribution is 0.345. The van der Waals surface area contributed by atoms with Gasteiger partial charge >= 0.3 is 0 Å². The lowest BCUT2D eigenvalue weighted by Crippen LogP contribution is -2.34. The van der Waals surface area contributed by atoms with Crippen LogP contribution in [0.2, 0.25) is 0 Å². The van der Waals surface area contributed by atoms with E-state index in [0.29, 0.717) is 5.92 Å². The van der Waals surface area contributed by atoms with E-state index in [-0.39, 0.29) is 5.54 Å². The number of rotatable bonds is 2. The Kier molecular flexibility index (Phi) is 2.31. The molecule has 2 unspecified atom stereocenters. The molecule has 4 nitrogen and oxygen atoms in total. The van der Waals surface area contributed by atoms with Crippen molar-refractivity contribution in [1.29, 1.82) is 0 Å². The normalized spacial score (nSPS) is 37.5. The molecule has 0 bridgehead atoms. The van der Waals surface area contributed by atoms with Gasteiger partial charge in [0.25, 0.3) is 0 Å². The van der Waals surface area contributed by atoms with Crippen LogP contribution in [0.15, 0.2) is 4.52 Å². The molecule has 0 radical (unpaired) electrons. The van der Waals surface area contributed by atoms with Gasteiger partial charge in [0.1, 0.15) is 0 Å². The zero-order valence-corrected chi connectivity index (χ0v) is 10.8. The van der Waals surface area contributed by atoms with E-state index in [4.69, 9.17) is 10.3 Å². The van der Waals surface area contributed by atoms with Gasteiger partial charge in [-0.3, -0.25) is 0 Å². The molecule has 1 aromatic heterocycles. The summed E-state index contributed by atoms with van der Waals surface area (Å²) in [6.45, 7) is 0. The molecule has 4 heteroatoms. The first-order valence-corrected chi connectivity index (χ1v) is 7.41. The first-order chi connectivity index (χ1) is 8.78. The number of hydrogen-bond donors (Lipinski definition) is 1. The van der Waals surface area contributed by atoms with Crippen molar-refractivity contribution in [3.8, 4) is 0 Å². The van der Waals surface area contributed by atoms with E-state index in [1.807, 2.05) is 0 Å². The first kappa shape index (κ1) is 11.0. The summed E-state index contributed by atoms with van der Waals surface area (Å²) >= 11 is 0. The third-order valence-electron chi connectivity index (χ3n) is 5.32. The average Bonchev–Trinajstić information content (AvgIpc) is 2.78. The molecule has 0 aliphatic heterocycles. The summed E-state index contributed by atoms with van der Waals surface area (Å²) in [6, 6.07) is 0. The standard InChI is InChI=1S/C14H21N3O/c15-14(7-3-4-8-14)13-16-12(18-17-13)11-9-5-1-2-6-10(9)11/h9-11H,1-8,15H2. The highest BCUT2D eigenvalue weighted by Crippen LogP contribution is 2.60. The van der Waals surface area contributed by atoms with Crippen molar-refractivity contribution in [2.45, 2.75) is 62.8 Å². The minimum Gasteiger partial charge on any atom is -0.339 e. The van der Waals surface area contributed by atoms with Crippen LogP contribution in [0.5, 0.6) is 0 Å². The third kappa shape index (κ3) is 1.54. The fraction of sp³-hybridized carbons (Fsp3) is 0.857. The summed E-state index contributed by atoms with van der Waals surface area (Å²) in [7, 11) is 0. The summed E-state index contributed by atoms with van der Waals surface area (Å²) in [5.41, 5.74) is 6.07. The van der Waals surface area contributed by atoms with E-state index in [1.165, 1.54) is 38.5 Å². The lowest BCUT2D eigenvalue weighted by Gasteiger charge is -2.17. The fourth-order valence-electron chi connectivity index (χ4n) is 4.16. The van der Waals surface area contributed by atoms with Crippen molar-refractivity contribution in [1.82, 2.24) is 10.1 Å². The molecule has 1 aromatic rings. The quantitative estimate of drug-likeness (QED) is 0.872. The second kappa shape index (κ2) is 3.80. The monoisotopic (exact) mass is 247 g/mol. The molecule has 18 heavy (non-hydrogen) atoms. The van der Waals surface area contributed by atoms with Gasteiger partial charge in [-0.15, -0.1) is 0 Å². The van der Waals surface area contributed by atoms with Crippen LogP contribution in [-0.2, 0) is 5.54 Å². The van der Waals surface area contributed by atoms with Gasteiger partial charge in [-0.25, -0.2) is 0 Å². The van der Waals surface area contributed by atoms with Crippen molar-refractivity contribution in [2.24, 2.45) is 17.6 Å². The Hall–Kier alpha value is -0.900. The predicted molar refractivity (Wildman–Crippen MR) is 66.8 cm³/mol. The van der Waals surface area contributed by atoms with Crippen molar-refractivity contribution in [3.63, 3.8) is 0 Å². The van der Waals surface area contributed by atoms with E-state index in [1.54, 1.807) is 0 Å². The SMILES string of the molecule is NC1(c2noc(C3C4CCCCC43)n2)CCCC1. The summed E-state index contributed by atoms with van der Waals surface area (Å²) in [6.07, 6.45) is 9.83. The number of nitrogens with zero attached hydrogens (tertiary/aromatic N) is 2. The molecule has 0 saturated heterocycles. The Labute approximate surface area is 107 Å². The van der Waals surface area contributed by atoms with E-state index in [9.17, 15) is 0 Å². The van der Waals surface area contributed by atoms with Crippen LogP contribution in [0.3, 0.4) is 0 Å². The van der Waals surface area contributed by atoms with Gasteiger partial charge in [-0.05, 0) is 37.5 Å². The second-order valence-electron chi connectivity index (χ2n) is 6.46. The van der Waals surface area contributed by atoms with Gasteiger partial charge in [0.15, 0.2) is 5.82 Å². The maximum Gasteiger partial charge on any atom is 0.230 e. The lowest BCUT2D eigenvalue weighted by atomic mass is 9.99. The van der Waals surface area contributed by atoms with Crippen molar-refractivity contribution in [2.75, 3.05) is 0 Å². The Balaban J connectivity index is 1.56. The maximum atomic E-state index is 6.38. The molecule has 3 aliphatic carbocycles. The summed E-state index contributed by atoms with van der Waals surface area (Å²) in [4.78, 5) is 4.65. The maximum absolute atomic E-state index is 6.38. The third-order valence-corrected chi connectivity index (χ3v) is 5.32. The summed E-state index contributed by atoms with van der Waals surface area (Å²) in [5.74, 6) is 3.84. The average molecular weight is 247 g/mol. The van der Waals surface area contributed by atoms with E-state index in [0.717, 1.165) is 36.4 Å². The molecule has 2 N–H and O–H groups in total. The van der Waals surface area contributed by atoms with Crippen LogP contribution in [0.25, 0.3) is 0 Å². The number of hydrogen-bond acceptors (Lipinski definition) is 4. The van der Waals surface area contributed by atoms with Crippen molar-refractivity contribution >= 4 is 0 Å². The zero-order chi connectivity index (χ0) is 12.2. The molecule has 98 valence electrons. The van der Waals surface area contributed by atoms with Gasteiger partial charge in [-0.1, -0.05) is 30.8 Å². The topological polar surface area (TPSA) is 64.9 Å². The first-order valence-electron chi connectivity index (χ1n) is 7.41. The van der Waals surface area contributed by atoms with Crippen molar-refractivity contribution in [3.05, 3.63) is 11.7 Å². The Morgan fingerprint density at radius 3 is 2.39 bits per heavy atom. The molecular formula is C14H21N3O. The van der Waals surface area contributed by atoms with Crippen LogP contribution in [0, 0.1) is 11.8 Å². The minimum atomic E-state index is -0.304. The molecule has 2 atom stereocenters. The number of nitrogens with two attached hydrogens (primary N) is 1. The van der Waals surface area contributed by atoms with Crippen molar-refractivity contribution < 1.29 is 4.52 Å². The van der Waals surface area contributed by atoms with E-state index >= 15 is 0 Å². The molecule has 0 amide bonds. The molecule has 0 aromatic carbocycles. The Morgan fingerprint density at radius 1 is 1.06 bits per heavy atom. The number of fused-ring (bicyclic) bond motifs is 1. The van der Waals surface area contributed by atoms with Crippen LogP contribution in [0.1, 0.15) is 69.0 Å². The van der Waals surface area contributed by atoms with Gasteiger partial charge < -0.3 is 10.3 Å². The van der Waals surface area contributed by atoms with Gasteiger partial charge in [0.2, 0.25) is 5.89 Å². The molecule has 1 heterocycles. The predicted octanol–water partition coefficient (Wildman–Crippen LogP) is 2.70. The van der Waals surface area contributed by atoms with E-state index in [2.05, 4.69) is 10.1 Å². The smallest absolute Gasteiger partial charge is 0.230 e. The zero-order valence-electron chi connectivity index (χ0n) is 10.8. The molecule has 3 saturated carbocycles. The number of aromatic nitrogens is 2. The highest BCUT2D eigenvalue weighted by molar-refractivity contribution is 5.16. The molecule has 0 spiro atoms. The van der Waals surface area contributed by atoms with Gasteiger partial charge in [0.05, 0.1) is 5.54 Å².